The zero-order chi connectivity index (χ0) is 14.8. The highest BCUT2D eigenvalue weighted by atomic mass is 15.1. The number of imidazole rings is 1. The summed E-state index contributed by atoms with van der Waals surface area (Å²) in [5.41, 5.74) is 4.77. The van der Waals surface area contributed by atoms with Crippen molar-refractivity contribution in [2.45, 2.75) is 0 Å². The zero-order valence-electron chi connectivity index (χ0n) is 11.7. The van der Waals surface area contributed by atoms with Gasteiger partial charge in [0.2, 0.25) is 5.95 Å². The molecule has 0 aliphatic carbocycles. The standard InChI is InChI=1S/C17H13N5/c1-2-4-13(5-3-1)21-17-18-9-8-14(22-17)12-6-7-15-16(10-12)20-11-19-15/h1-11H,(H,19,20)(H,18,21,22). The number of H-pyrrole nitrogens is 1. The molecule has 0 amide bonds. The van der Waals surface area contributed by atoms with Crippen LogP contribution in [0.2, 0.25) is 0 Å². The van der Waals surface area contributed by atoms with Crippen LogP contribution in [0.3, 0.4) is 0 Å². The minimum atomic E-state index is 0.575. The van der Waals surface area contributed by atoms with Gasteiger partial charge in [-0.3, -0.25) is 0 Å². The second kappa shape index (κ2) is 5.29. The topological polar surface area (TPSA) is 66.5 Å². The Morgan fingerprint density at radius 3 is 2.73 bits per heavy atom. The Labute approximate surface area is 127 Å². The number of hydrogen-bond acceptors (Lipinski definition) is 4. The SMILES string of the molecule is c1ccc(Nc2nccc(-c3ccc4[nH]cnc4c3)n2)cc1. The quantitative estimate of drug-likeness (QED) is 0.602. The first kappa shape index (κ1) is 12.5. The number of hydrogen-bond donors (Lipinski definition) is 2. The maximum atomic E-state index is 4.57. The molecule has 2 heterocycles. The van der Waals surface area contributed by atoms with Crippen molar-refractivity contribution in [3.63, 3.8) is 0 Å². The fourth-order valence-electron chi connectivity index (χ4n) is 2.32. The van der Waals surface area contributed by atoms with Gasteiger partial charge in [-0.1, -0.05) is 24.3 Å². The lowest BCUT2D eigenvalue weighted by Crippen LogP contribution is -1.97. The van der Waals surface area contributed by atoms with Crippen LogP contribution in [-0.4, -0.2) is 19.9 Å². The van der Waals surface area contributed by atoms with Crippen LogP contribution in [-0.2, 0) is 0 Å². The zero-order valence-corrected chi connectivity index (χ0v) is 11.7. The lowest BCUT2D eigenvalue weighted by molar-refractivity contribution is 1.17. The summed E-state index contributed by atoms with van der Waals surface area (Å²) >= 11 is 0. The second-order valence-electron chi connectivity index (χ2n) is 4.89. The maximum absolute atomic E-state index is 4.57. The van der Waals surface area contributed by atoms with Gasteiger partial charge in [0.25, 0.3) is 0 Å². The maximum Gasteiger partial charge on any atom is 0.227 e. The molecular weight excluding hydrogens is 274 g/mol. The summed E-state index contributed by atoms with van der Waals surface area (Å²) in [7, 11) is 0. The molecule has 0 radical (unpaired) electrons. The Hall–Kier alpha value is -3.21. The van der Waals surface area contributed by atoms with Crippen LogP contribution < -0.4 is 5.32 Å². The van der Waals surface area contributed by atoms with Crippen molar-refractivity contribution in [2.75, 3.05) is 5.32 Å². The van der Waals surface area contributed by atoms with Gasteiger partial charge < -0.3 is 10.3 Å². The second-order valence-corrected chi connectivity index (χ2v) is 4.89. The molecule has 2 N–H and O–H groups in total. The average Bonchev–Trinajstić information content (AvgIpc) is 3.04. The molecule has 22 heavy (non-hydrogen) atoms. The molecule has 0 saturated heterocycles. The van der Waals surface area contributed by atoms with Gasteiger partial charge in [0.15, 0.2) is 0 Å². The monoisotopic (exact) mass is 287 g/mol. The van der Waals surface area contributed by atoms with Gasteiger partial charge in [-0.2, -0.15) is 0 Å². The predicted octanol–water partition coefficient (Wildman–Crippen LogP) is 3.76. The molecule has 4 rings (SSSR count). The molecule has 0 fully saturated rings. The molecule has 0 atom stereocenters. The molecule has 2 aromatic heterocycles. The molecule has 2 aromatic carbocycles. The number of aromatic amines is 1. The summed E-state index contributed by atoms with van der Waals surface area (Å²) in [5, 5.41) is 3.20. The minimum absolute atomic E-state index is 0.575. The summed E-state index contributed by atoms with van der Waals surface area (Å²) in [4.78, 5) is 16.2. The van der Waals surface area contributed by atoms with E-state index in [4.69, 9.17) is 0 Å². The van der Waals surface area contributed by atoms with E-state index in [0.29, 0.717) is 5.95 Å². The van der Waals surface area contributed by atoms with E-state index in [2.05, 4.69) is 25.3 Å². The van der Waals surface area contributed by atoms with E-state index in [1.165, 1.54) is 0 Å². The van der Waals surface area contributed by atoms with Gasteiger partial charge in [0, 0.05) is 17.4 Å². The third-order valence-corrected chi connectivity index (χ3v) is 3.40. The van der Waals surface area contributed by atoms with E-state index in [0.717, 1.165) is 28.0 Å². The Morgan fingerprint density at radius 1 is 0.909 bits per heavy atom. The van der Waals surface area contributed by atoms with E-state index < -0.39 is 0 Å². The van der Waals surface area contributed by atoms with Crippen molar-refractivity contribution in [2.24, 2.45) is 0 Å². The number of nitrogens with one attached hydrogen (secondary N) is 2. The lowest BCUT2D eigenvalue weighted by Gasteiger charge is -2.06. The molecule has 0 bridgehead atoms. The average molecular weight is 287 g/mol. The van der Waals surface area contributed by atoms with Gasteiger partial charge in [-0.25, -0.2) is 15.0 Å². The van der Waals surface area contributed by atoms with Crippen LogP contribution >= 0.6 is 0 Å². The van der Waals surface area contributed by atoms with E-state index in [1.54, 1.807) is 12.5 Å². The van der Waals surface area contributed by atoms with Crippen molar-refractivity contribution in [1.29, 1.82) is 0 Å². The van der Waals surface area contributed by atoms with Crippen molar-refractivity contribution < 1.29 is 0 Å². The molecule has 0 aliphatic heterocycles. The number of para-hydroxylation sites is 1. The normalized spacial score (nSPS) is 10.7. The summed E-state index contributed by atoms with van der Waals surface area (Å²) < 4.78 is 0. The molecule has 0 saturated carbocycles. The number of fused-ring (bicyclic) bond motifs is 1. The first-order valence-electron chi connectivity index (χ1n) is 6.97. The van der Waals surface area contributed by atoms with Gasteiger partial charge in [0.05, 0.1) is 23.1 Å². The lowest BCUT2D eigenvalue weighted by atomic mass is 10.1. The number of benzene rings is 2. The number of rotatable bonds is 3. The number of aromatic nitrogens is 4. The van der Waals surface area contributed by atoms with E-state index in [1.807, 2.05) is 54.6 Å². The van der Waals surface area contributed by atoms with Gasteiger partial charge >= 0.3 is 0 Å². The summed E-state index contributed by atoms with van der Waals surface area (Å²) in [6.45, 7) is 0. The number of anilines is 2. The van der Waals surface area contributed by atoms with Gasteiger partial charge in [0.1, 0.15) is 0 Å². The third kappa shape index (κ3) is 2.40. The molecule has 0 unspecified atom stereocenters. The highest BCUT2D eigenvalue weighted by Crippen LogP contribution is 2.22. The molecule has 0 spiro atoms. The Balaban J connectivity index is 1.69. The largest absolute Gasteiger partial charge is 0.345 e. The van der Waals surface area contributed by atoms with Crippen molar-refractivity contribution in [3.05, 3.63) is 67.1 Å². The third-order valence-electron chi connectivity index (χ3n) is 3.40. The van der Waals surface area contributed by atoms with Crippen molar-refractivity contribution in [1.82, 2.24) is 19.9 Å². The van der Waals surface area contributed by atoms with Crippen LogP contribution in [0.4, 0.5) is 11.6 Å². The molecule has 4 aromatic rings. The van der Waals surface area contributed by atoms with Crippen LogP contribution in [0, 0.1) is 0 Å². The Bertz CT molecular complexity index is 914. The summed E-state index contributed by atoms with van der Waals surface area (Å²) in [5.74, 6) is 0.575. The van der Waals surface area contributed by atoms with E-state index in [-0.39, 0.29) is 0 Å². The van der Waals surface area contributed by atoms with Crippen molar-refractivity contribution in [3.8, 4) is 11.3 Å². The fourth-order valence-corrected chi connectivity index (χ4v) is 2.32. The highest BCUT2D eigenvalue weighted by Gasteiger charge is 2.05. The molecule has 5 nitrogen and oxygen atoms in total. The summed E-state index contributed by atoms with van der Waals surface area (Å²) in [6, 6.07) is 17.8. The van der Waals surface area contributed by atoms with Crippen molar-refractivity contribution >= 4 is 22.7 Å². The fraction of sp³-hybridized carbons (Fsp3) is 0. The number of nitrogens with zero attached hydrogens (tertiary/aromatic N) is 3. The Kier molecular flexibility index (Phi) is 3.01. The molecular formula is C17H13N5. The van der Waals surface area contributed by atoms with Crippen LogP contribution in [0.25, 0.3) is 22.3 Å². The first-order valence-corrected chi connectivity index (χ1v) is 6.97. The summed E-state index contributed by atoms with van der Waals surface area (Å²) in [6.07, 6.45) is 3.44. The van der Waals surface area contributed by atoms with Crippen LogP contribution in [0.5, 0.6) is 0 Å². The first-order chi connectivity index (χ1) is 10.9. The molecule has 106 valence electrons. The molecule has 5 heteroatoms. The highest BCUT2D eigenvalue weighted by molar-refractivity contribution is 5.80. The van der Waals surface area contributed by atoms with Gasteiger partial charge in [-0.05, 0) is 30.3 Å². The van der Waals surface area contributed by atoms with Crippen LogP contribution in [0.15, 0.2) is 67.1 Å². The molecule has 0 aliphatic rings. The van der Waals surface area contributed by atoms with Gasteiger partial charge in [-0.15, -0.1) is 0 Å². The van der Waals surface area contributed by atoms with E-state index >= 15 is 0 Å². The Morgan fingerprint density at radius 2 is 1.82 bits per heavy atom. The minimum Gasteiger partial charge on any atom is -0.345 e. The van der Waals surface area contributed by atoms with Crippen LogP contribution in [0.1, 0.15) is 0 Å². The predicted molar refractivity (Wildman–Crippen MR) is 86.8 cm³/mol. The smallest absolute Gasteiger partial charge is 0.227 e. The van der Waals surface area contributed by atoms with E-state index in [9.17, 15) is 0 Å².